The summed E-state index contributed by atoms with van der Waals surface area (Å²) in [7, 11) is 0. The fourth-order valence-corrected chi connectivity index (χ4v) is 3.72. The van der Waals surface area contributed by atoms with Crippen LogP contribution in [0.4, 0.5) is 4.39 Å². The molecule has 1 amide bonds. The number of halogens is 1. The number of rotatable bonds is 4. The average molecular weight is 377 g/mol. The summed E-state index contributed by atoms with van der Waals surface area (Å²) in [6.07, 6.45) is 1.88. The van der Waals surface area contributed by atoms with Gasteiger partial charge in [-0.15, -0.1) is 0 Å². The second-order valence-corrected chi connectivity index (χ2v) is 7.00. The Morgan fingerprint density at radius 2 is 1.71 bits per heavy atom. The first kappa shape index (κ1) is 18.2. The van der Waals surface area contributed by atoms with E-state index >= 15 is 0 Å². The van der Waals surface area contributed by atoms with Gasteiger partial charge >= 0.3 is 0 Å². The molecule has 142 valence electrons. The number of benzene rings is 2. The molecule has 1 aliphatic rings. The van der Waals surface area contributed by atoms with Gasteiger partial charge in [-0.25, -0.2) is 4.39 Å². The van der Waals surface area contributed by atoms with Crippen molar-refractivity contribution in [3.8, 4) is 0 Å². The van der Waals surface area contributed by atoms with Gasteiger partial charge in [0.1, 0.15) is 11.6 Å². The Hall–Kier alpha value is -3.21. The molecule has 0 aliphatic heterocycles. The second-order valence-electron chi connectivity index (χ2n) is 7.00. The first-order valence-corrected chi connectivity index (χ1v) is 9.31. The Kier molecular flexibility index (Phi) is 4.82. The third-order valence-electron chi connectivity index (χ3n) is 5.12. The zero-order chi connectivity index (χ0) is 19.7. The lowest BCUT2D eigenvalue weighted by molar-refractivity contribution is 0.0909. The van der Waals surface area contributed by atoms with Crippen molar-refractivity contribution >= 4 is 11.7 Å². The number of hydrogen-bond acceptors (Lipinski definition) is 3. The third-order valence-corrected chi connectivity index (χ3v) is 5.12. The van der Waals surface area contributed by atoms with Crippen LogP contribution in [-0.2, 0) is 6.42 Å². The number of ketones is 1. The predicted octanol–water partition coefficient (Wildman–Crippen LogP) is 4.77. The van der Waals surface area contributed by atoms with Gasteiger partial charge in [0, 0.05) is 18.4 Å². The molecular formula is C23H20FNO3. The molecule has 0 bridgehead atoms. The molecule has 0 saturated heterocycles. The third kappa shape index (κ3) is 3.36. The van der Waals surface area contributed by atoms with Gasteiger partial charge in [0.25, 0.3) is 5.91 Å². The summed E-state index contributed by atoms with van der Waals surface area (Å²) < 4.78 is 19.1. The molecule has 0 fully saturated rings. The van der Waals surface area contributed by atoms with Crippen molar-refractivity contribution < 1.29 is 18.4 Å². The van der Waals surface area contributed by atoms with E-state index in [1.807, 2.05) is 30.3 Å². The normalized spacial score (nSPS) is 14.4. The van der Waals surface area contributed by atoms with Gasteiger partial charge in [-0.2, -0.15) is 0 Å². The van der Waals surface area contributed by atoms with Gasteiger partial charge in [0.05, 0.1) is 11.6 Å². The standard InChI is InChI=1S/C23H20FNO3/c1-14-20-18(26)8-5-9-19(20)28-22(14)23(27)25-21(15-6-3-2-4-7-15)16-10-12-17(24)13-11-16/h2-4,6-7,10-13,21H,5,8-9H2,1H3,(H,25,27). The molecule has 0 radical (unpaired) electrons. The van der Waals surface area contributed by atoms with E-state index in [0.717, 1.165) is 17.5 Å². The number of amides is 1. The van der Waals surface area contributed by atoms with E-state index < -0.39 is 11.9 Å². The Bertz CT molecular complexity index is 1020. The highest BCUT2D eigenvalue weighted by molar-refractivity contribution is 6.03. The fourth-order valence-electron chi connectivity index (χ4n) is 3.72. The summed E-state index contributed by atoms with van der Waals surface area (Å²) in [5, 5.41) is 2.98. The van der Waals surface area contributed by atoms with E-state index in [0.29, 0.717) is 29.7 Å². The van der Waals surface area contributed by atoms with E-state index in [-0.39, 0.29) is 17.4 Å². The topological polar surface area (TPSA) is 59.3 Å². The molecular weight excluding hydrogens is 357 g/mol. The molecule has 2 aromatic carbocycles. The fraction of sp³-hybridized carbons (Fsp3) is 0.217. The Labute approximate surface area is 162 Å². The Balaban J connectivity index is 1.69. The molecule has 1 N–H and O–H groups in total. The molecule has 0 saturated carbocycles. The second kappa shape index (κ2) is 7.43. The Morgan fingerprint density at radius 3 is 2.39 bits per heavy atom. The molecule has 28 heavy (non-hydrogen) atoms. The molecule has 1 heterocycles. The SMILES string of the molecule is Cc1c(C(=O)NC(c2ccccc2)c2ccc(F)cc2)oc2c1C(=O)CCC2. The molecule has 1 atom stereocenters. The maximum Gasteiger partial charge on any atom is 0.288 e. The first-order chi connectivity index (χ1) is 13.5. The van der Waals surface area contributed by atoms with E-state index in [9.17, 15) is 14.0 Å². The zero-order valence-electron chi connectivity index (χ0n) is 15.5. The summed E-state index contributed by atoms with van der Waals surface area (Å²) in [4.78, 5) is 25.2. The van der Waals surface area contributed by atoms with Gasteiger partial charge in [-0.3, -0.25) is 9.59 Å². The Morgan fingerprint density at radius 1 is 1.04 bits per heavy atom. The highest BCUT2D eigenvalue weighted by Gasteiger charge is 2.30. The molecule has 1 aliphatic carbocycles. The predicted molar refractivity (Wildman–Crippen MR) is 103 cm³/mol. The van der Waals surface area contributed by atoms with Crippen LogP contribution in [0.2, 0.25) is 0 Å². The van der Waals surface area contributed by atoms with Crippen molar-refractivity contribution in [1.82, 2.24) is 5.32 Å². The first-order valence-electron chi connectivity index (χ1n) is 9.31. The van der Waals surface area contributed by atoms with E-state index in [2.05, 4.69) is 5.32 Å². The number of fused-ring (bicyclic) bond motifs is 1. The van der Waals surface area contributed by atoms with Gasteiger partial charge in [0.15, 0.2) is 11.5 Å². The smallest absolute Gasteiger partial charge is 0.288 e. The number of furan rings is 1. The van der Waals surface area contributed by atoms with Crippen LogP contribution in [0.5, 0.6) is 0 Å². The molecule has 4 nitrogen and oxygen atoms in total. The molecule has 1 unspecified atom stereocenters. The van der Waals surface area contributed by atoms with Crippen LogP contribution < -0.4 is 5.32 Å². The number of nitrogens with one attached hydrogen (secondary N) is 1. The molecule has 4 rings (SSSR count). The minimum Gasteiger partial charge on any atom is -0.455 e. The van der Waals surface area contributed by atoms with Crippen LogP contribution in [-0.4, -0.2) is 11.7 Å². The van der Waals surface area contributed by atoms with E-state index in [1.54, 1.807) is 19.1 Å². The van der Waals surface area contributed by atoms with E-state index in [4.69, 9.17) is 4.42 Å². The van der Waals surface area contributed by atoms with Crippen molar-refractivity contribution in [2.75, 3.05) is 0 Å². The largest absolute Gasteiger partial charge is 0.455 e. The van der Waals surface area contributed by atoms with Gasteiger partial charge in [-0.1, -0.05) is 42.5 Å². The van der Waals surface area contributed by atoms with Crippen LogP contribution in [0.15, 0.2) is 59.0 Å². The van der Waals surface area contributed by atoms with Crippen molar-refractivity contribution in [2.24, 2.45) is 0 Å². The monoisotopic (exact) mass is 377 g/mol. The highest BCUT2D eigenvalue weighted by atomic mass is 19.1. The van der Waals surface area contributed by atoms with Gasteiger partial charge in [0.2, 0.25) is 0 Å². The lowest BCUT2D eigenvalue weighted by atomic mass is 9.94. The van der Waals surface area contributed by atoms with Crippen molar-refractivity contribution in [3.05, 3.63) is 94.2 Å². The highest BCUT2D eigenvalue weighted by Crippen LogP contribution is 2.30. The van der Waals surface area contributed by atoms with Gasteiger partial charge < -0.3 is 9.73 Å². The van der Waals surface area contributed by atoms with Crippen molar-refractivity contribution in [2.45, 2.75) is 32.2 Å². The summed E-state index contributed by atoms with van der Waals surface area (Å²) >= 11 is 0. The van der Waals surface area contributed by atoms with Crippen LogP contribution >= 0.6 is 0 Å². The number of carbonyl (C=O) groups is 2. The summed E-state index contributed by atoms with van der Waals surface area (Å²) in [6.45, 7) is 1.75. The van der Waals surface area contributed by atoms with Crippen LogP contribution in [0.3, 0.4) is 0 Å². The zero-order valence-corrected chi connectivity index (χ0v) is 15.5. The maximum absolute atomic E-state index is 13.4. The van der Waals surface area contributed by atoms with Crippen LogP contribution in [0.1, 0.15) is 62.2 Å². The lowest BCUT2D eigenvalue weighted by Crippen LogP contribution is -2.29. The molecule has 1 aromatic heterocycles. The minimum absolute atomic E-state index is 0.0275. The van der Waals surface area contributed by atoms with Crippen LogP contribution in [0, 0.1) is 12.7 Å². The van der Waals surface area contributed by atoms with E-state index in [1.165, 1.54) is 12.1 Å². The number of hydrogen-bond donors (Lipinski definition) is 1. The van der Waals surface area contributed by atoms with Crippen molar-refractivity contribution in [1.29, 1.82) is 0 Å². The molecule has 3 aromatic rings. The summed E-state index contributed by atoms with van der Waals surface area (Å²) in [6, 6.07) is 15.0. The maximum atomic E-state index is 13.4. The van der Waals surface area contributed by atoms with Crippen molar-refractivity contribution in [3.63, 3.8) is 0 Å². The number of aryl methyl sites for hydroxylation is 1. The van der Waals surface area contributed by atoms with Gasteiger partial charge in [-0.05, 0) is 36.6 Å². The molecule has 0 spiro atoms. The quantitative estimate of drug-likeness (QED) is 0.713. The average Bonchev–Trinajstić information content (AvgIpc) is 3.05. The number of Topliss-reactive ketones (excluding diaryl/α,β-unsaturated/α-hetero) is 1. The summed E-state index contributed by atoms with van der Waals surface area (Å²) in [5.74, 6) is 0.0627. The number of carbonyl (C=O) groups excluding carboxylic acids is 2. The minimum atomic E-state index is -0.466. The lowest BCUT2D eigenvalue weighted by Gasteiger charge is -2.19. The molecule has 5 heteroatoms. The van der Waals surface area contributed by atoms with Crippen LogP contribution in [0.25, 0.3) is 0 Å². The summed E-state index contributed by atoms with van der Waals surface area (Å²) in [5.41, 5.74) is 2.76.